The number of para-hydroxylation sites is 1. The summed E-state index contributed by atoms with van der Waals surface area (Å²) in [7, 11) is 0. The predicted molar refractivity (Wildman–Crippen MR) is 90.2 cm³/mol. The van der Waals surface area contributed by atoms with E-state index in [4.69, 9.17) is 24.7 Å². The van der Waals surface area contributed by atoms with E-state index in [1.807, 2.05) is 30.3 Å². The van der Waals surface area contributed by atoms with Gasteiger partial charge in [0.05, 0.1) is 13.2 Å². The lowest BCUT2D eigenvalue weighted by Crippen LogP contribution is -2.22. The molecular formula is C18H19N3O4. The molecule has 0 aliphatic rings. The van der Waals surface area contributed by atoms with Crippen LogP contribution in [0.25, 0.3) is 0 Å². The van der Waals surface area contributed by atoms with Crippen molar-refractivity contribution in [3.05, 3.63) is 54.3 Å². The van der Waals surface area contributed by atoms with Gasteiger partial charge in [0.1, 0.15) is 43.2 Å². The van der Waals surface area contributed by atoms with Gasteiger partial charge in [-0.25, -0.2) is 0 Å². The highest BCUT2D eigenvalue weighted by Crippen LogP contribution is 2.07. The number of ether oxygens (including phenoxy) is 3. The fourth-order valence-electron chi connectivity index (χ4n) is 1.56. The Balaban J connectivity index is 1.98. The Morgan fingerprint density at radius 1 is 1.08 bits per heavy atom. The van der Waals surface area contributed by atoms with Crippen LogP contribution in [0.4, 0.5) is 0 Å². The SMILES string of the molecule is N#CC(C#N)=C/C=C/NCC(=O)OCCOCCOc1ccccc1. The van der Waals surface area contributed by atoms with Crippen LogP contribution >= 0.6 is 0 Å². The van der Waals surface area contributed by atoms with Crippen LogP contribution in [0, 0.1) is 22.7 Å². The molecule has 0 heterocycles. The molecule has 0 spiro atoms. The number of nitrogens with one attached hydrogen (secondary N) is 1. The lowest BCUT2D eigenvalue weighted by molar-refractivity contribution is -0.143. The van der Waals surface area contributed by atoms with Crippen LogP contribution in [-0.4, -0.2) is 38.9 Å². The van der Waals surface area contributed by atoms with Crippen molar-refractivity contribution in [2.75, 3.05) is 33.0 Å². The average Bonchev–Trinajstić information content (AvgIpc) is 2.64. The first kappa shape index (κ1) is 19.8. The number of esters is 1. The maximum Gasteiger partial charge on any atom is 0.325 e. The Bertz CT molecular complexity index is 641. The van der Waals surface area contributed by atoms with E-state index in [1.54, 1.807) is 12.1 Å². The van der Waals surface area contributed by atoms with Gasteiger partial charge in [-0.1, -0.05) is 18.2 Å². The van der Waals surface area contributed by atoms with Gasteiger partial charge in [-0.05, 0) is 30.5 Å². The van der Waals surface area contributed by atoms with Crippen molar-refractivity contribution in [1.82, 2.24) is 5.32 Å². The molecule has 7 nitrogen and oxygen atoms in total. The molecule has 0 unspecified atom stereocenters. The zero-order valence-corrected chi connectivity index (χ0v) is 13.7. The summed E-state index contributed by atoms with van der Waals surface area (Å²) >= 11 is 0. The van der Waals surface area contributed by atoms with Crippen LogP contribution in [0.3, 0.4) is 0 Å². The number of nitriles is 2. The van der Waals surface area contributed by atoms with Gasteiger partial charge in [0.15, 0.2) is 0 Å². The van der Waals surface area contributed by atoms with Gasteiger partial charge in [0, 0.05) is 0 Å². The molecule has 0 aliphatic heterocycles. The van der Waals surface area contributed by atoms with E-state index in [9.17, 15) is 4.79 Å². The second-order valence-electron chi connectivity index (χ2n) is 4.54. The Morgan fingerprint density at radius 3 is 2.52 bits per heavy atom. The summed E-state index contributed by atoms with van der Waals surface area (Å²) in [5, 5.41) is 19.7. The van der Waals surface area contributed by atoms with E-state index < -0.39 is 5.97 Å². The predicted octanol–water partition coefficient (Wildman–Crippen LogP) is 1.70. The number of rotatable bonds is 11. The maximum absolute atomic E-state index is 11.4. The van der Waals surface area contributed by atoms with E-state index in [2.05, 4.69) is 5.32 Å². The molecule has 130 valence electrons. The first-order valence-corrected chi connectivity index (χ1v) is 7.58. The minimum Gasteiger partial charge on any atom is -0.491 e. The van der Waals surface area contributed by atoms with E-state index in [0.717, 1.165) is 5.75 Å². The molecule has 7 heteroatoms. The van der Waals surface area contributed by atoms with Crippen molar-refractivity contribution in [2.45, 2.75) is 0 Å². The van der Waals surface area contributed by atoms with E-state index in [1.165, 1.54) is 18.4 Å². The van der Waals surface area contributed by atoms with Crippen LogP contribution in [-0.2, 0) is 14.3 Å². The summed E-state index contributed by atoms with van der Waals surface area (Å²) in [6.07, 6.45) is 4.25. The van der Waals surface area contributed by atoms with Crippen molar-refractivity contribution in [2.24, 2.45) is 0 Å². The highest BCUT2D eigenvalue weighted by Gasteiger charge is 2.00. The molecule has 0 aliphatic carbocycles. The zero-order chi connectivity index (χ0) is 18.2. The van der Waals surface area contributed by atoms with Gasteiger partial charge in [-0.15, -0.1) is 0 Å². The number of nitrogens with zero attached hydrogens (tertiary/aromatic N) is 2. The molecule has 1 rings (SSSR count). The first-order chi connectivity index (χ1) is 12.3. The van der Waals surface area contributed by atoms with Crippen molar-refractivity contribution >= 4 is 5.97 Å². The Morgan fingerprint density at radius 2 is 1.80 bits per heavy atom. The molecular weight excluding hydrogens is 322 g/mol. The summed E-state index contributed by atoms with van der Waals surface area (Å²) < 4.78 is 15.7. The van der Waals surface area contributed by atoms with Crippen molar-refractivity contribution < 1.29 is 19.0 Å². The minimum absolute atomic E-state index is 0.0180. The van der Waals surface area contributed by atoms with Gasteiger partial charge in [0.2, 0.25) is 0 Å². The summed E-state index contributed by atoms with van der Waals surface area (Å²) in [5.41, 5.74) is -0.0194. The standard InChI is InChI=1S/C18H19N3O4/c19-13-16(14-20)5-4-8-21-15-18(22)25-12-10-23-9-11-24-17-6-2-1-3-7-17/h1-8,21H,9-12,15H2/b8-4+. The van der Waals surface area contributed by atoms with Crippen LogP contribution < -0.4 is 10.1 Å². The largest absolute Gasteiger partial charge is 0.491 e. The second-order valence-corrected chi connectivity index (χ2v) is 4.54. The molecule has 0 aromatic heterocycles. The summed E-state index contributed by atoms with van der Waals surface area (Å²) in [4.78, 5) is 11.4. The molecule has 0 amide bonds. The summed E-state index contributed by atoms with van der Waals surface area (Å²) in [6.45, 7) is 1.25. The molecule has 0 bridgehead atoms. The molecule has 0 saturated heterocycles. The van der Waals surface area contributed by atoms with E-state index >= 15 is 0 Å². The fourth-order valence-corrected chi connectivity index (χ4v) is 1.56. The second kappa shape index (κ2) is 13.2. The molecule has 0 atom stereocenters. The molecule has 25 heavy (non-hydrogen) atoms. The molecule has 0 fully saturated rings. The number of carbonyl (C=O) groups excluding carboxylic acids is 1. The summed E-state index contributed by atoms with van der Waals surface area (Å²) in [6, 6.07) is 12.8. The lowest BCUT2D eigenvalue weighted by atomic mass is 10.3. The molecule has 0 saturated carbocycles. The monoisotopic (exact) mass is 341 g/mol. The van der Waals surface area contributed by atoms with Crippen LogP contribution in [0.5, 0.6) is 5.75 Å². The smallest absolute Gasteiger partial charge is 0.325 e. The quantitative estimate of drug-likeness (QED) is 0.283. The van der Waals surface area contributed by atoms with Gasteiger partial charge in [-0.2, -0.15) is 10.5 Å². The number of hydrogen-bond donors (Lipinski definition) is 1. The third-order valence-electron chi connectivity index (χ3n) is 2.69. The van der Waals surface area contributed by atoms with Crippen molar-refractivity contribution in [3.8, 4) is 17.9 Å². The third-order valence-corrected chi connectivity index (χ3v) is 2.69. The van der Waals surface area contributed by atoms with Crippen molar-refractivity contribution in [1.29, 1.82) is 10.5 Å². The Hall–Kier alpha value is -3.29. The van der Waals surface area contributed by atoms with E-state index in [-0.39, 0.29) is 25.3 Å². The number of carbonyl (C=O) groups is 1. The molecule has 1 aromatic rings. The zero-order valence-electron chi connectivity index (χ0n) is 13.7. The third kappa shape index (κ3) is 10.2. The normalized spacial score (nSPS) is 9.68. The van der Waals surface area contributed by atoms with Crippen LogP contribution in [0.2, 0.25) is 0 Å². The molecule has 0 radical (unpaired) electrons. The van der Waals surface area contributed by atoms with Gasteiger partial charge in [-0.3, -0.25) is 4.79 Å². The maximum atomic E-state index is 11.4. The average molecular weight is 341 g/mol. The van der Waals surface area contributed by atoms with Gasteiger partial charge < -0.3 is 19.5 Å². The topological polar surface area (TPSA) is 104 Å². The van der Waals surface area contributed by atoms with Gasteiger partial charge in [0.25, 0.3) is 0 Å². The van der Waals surface area contributed by atoms with Crippen molar-refractivity contribution in [3.63, 3.8) is 0 Å². The number of hydrogen-bond acceptors (Lipinski definition) is 7. The minimum atomic E-state index is -0.432. The van der Waals surface area contributed by atoms with Crippen LogP contribution in [0.15, 0.2) is 54.3 Å². The Kier molecular flexibility index (Phi) is 10.4. The molecule has 1 aromatic carbocycles. The van der Waals surface area contributed by atoms with E-state index in [0.29, 0.717) is 13.2 Å². The molecule has 1 N–H and O–H groups in total. The highest BCUT2D eigenvalue weighted by molar-refractivity contribution is 5.71. The number of benzene rings is 1. The fraction of sp³-hybridized carbons (Fsp3) is 0.278. The lowest BCUT2D eigenvalue weighted by Gasteiger charge is -2.07. The van der Waals surface area contributed by atoms with Gasteiger partial charge >= 0.3 is 5.97 Å². The number of allylic oxidation sites excluding steroid dienone is 3. The Labute approximate surface area is 146 Å². The first-order valence-electron chi connectivity index (χ1n) is 7.58. The summed E-state index contributed by atoms with van der Waals surface area (Å²) in [5.74, 6) is 0.349. The highest BCUT2D eigenvalue weighted by atomic mass is 16.6. The van der Waals surface area contributed by atoms with Crippen LogP contribution in [0.1, 0.15) is 0 Å².